The average Bonchev–Trinajstić information content (AvgIpc) is 2.59. The Morgan fingerprint density at radius 2 is 2.00 bits per heavy atom. The van der Waals surface area contributed by atoms with Crippen LogP contribution >= 0.6 is 0 Å². The number of amides is 3. The summed E-state index contributed by atoms with van der Waals surface area (Å²) >= 11 is 0. The van der Waals surface area contributed by atoms with Gasteiger partial charge in [-0.2, -0.15) is 0 Å². The smallest absolute Gasteiger partial charge is 0.322 e. The second-order valence-electron chi connectivity index (χ2n) is 3.42. The van der Waals surface area contributed by atoms with Gasteiger partial charge in [-0.25, -0.2) is 4.79 Å². The Balaban J connectivity index is 2.25. The molecule has 1 N–H and O–H groups in total. The molecule has 1 aromatic rings. The van der Waals surface area contributed by atoms with E-state index in [1.54, 1.807) is 12.1 Å². The minimum absolute atomic E-state index is 0.00794. The number of carbonyl (C=O) groups excluding carboxylic acids is 2. The quantitative estimate of drug-likeness (QED) is 0.587. The highest BCUT2D eigenvalue weighted by Crippen LogP contribution is 2.20. The molecule has 0 bridgehead atoms. The number of hydrogen-bond donors (Lipinski definition) is 1. The molecule has 1 atom stereocenters. The van der Waals surface area contributed by atoms with E-state index < -0.39 is 12.1 Å². The molecule has 2 rings (SSSR count). The lowest BCUT2D eigenvalue weighted by molar-refractivity contribution is -0.127. The van der Waals surface area contributed by atoms with E-state index in [1.165, 1.54) is 0 Å². The molecule has 1 aliphatic rings. The van der Waals surface area contributed by atoms with E-state index >= 15 is 0 Å². The van der Waals surface area contributed by atoms with Crippen LogP contribution in [0.5, 0.6) is 0 Å². The van der Waals surface area contributed by atoms with Crippen LogP contribution in [0.4, 0.5) is 4.79 Å². The summed E-state index contributed by atoms with van der Waals surface area (Å²) in [5.74, 6) is 1.99. The molecule has 16 heavy (non-hydrogen) atoms. The van der Waals surface area contributed by atoms with Crippen LogP contribution in [0.2, 0.25) is 0 Å². The van der Waals surface area contributed by atoms with Gasteiger partial charge in [-0.05, 0) is 5.56 Å². The Labute approximate surface area is 93.2 Å². The molecule has 0 aromatic heterocycles. The standard InChI is InChI=1S/C12H10N2O2/c1-2-8-14-11(15)10(13-12(14)16)9-6-4-3-5-7-9/h1,3-7,10H,8H2,(H,13,16). The molecule has 4 heteroatoms. The molecule has 1 aromatic carbocycles. The molecule has 4 nitrogen and oxygen atoms in total. The maximum absolute atomic E-state index is 11.9. The molecule has 1 heterocycles. The molecule has 0 radical (unpaired) electrons. The summed E-state index contributed by atoms with van der Waals surface area (Å²) in [6.07, 6.45) is 5.09. The molecular weight excluding hydrogens is 204 g/mol. The molecule has 1 fully saturated rings. The molecular formula is C12H10N2O2. The predicted octanol–water partition coefficient (Wildman–Crippen LogP) is 0.913. The van der Waals surface area contributed by atoms with Crippen molar-refractivity contribution in [2.45, 2.75) is 6.04 Å². The van der Waals surface area contributed by atoms with Crippen molar-refractivity contribution in [3.05, 3.63) is 35.9 Å². The third-order valence-corrected chi connectivity index (χ3v) is 2.41. The second-order valence-corrected chi connectivity index (χ2v) is 3.42. The largest absolute Gasteiger partial charge is 0.325 e. The summed E-state index contributed by atoms with van der Waals surface area (Å²) in [6, 6.07) is 8.03. The number of nitrogens with one attached hydrogen (secondary N) is 1. The molecule has 1 aliphatic heterocycles. The monoisotopic (exact) mass is 214 g/mol. The van der Waals surface area contributed by atoms with Crippen LogP contribution in [-0.2, 0) is 4.79 Å². The zero-order valence-corrected chi connectivity index (χ0v) is 8.51. The van der Waals surface area contributed by atoms with Crippen molar-refractivity contribution in [2.24, 2.45) is 0 Å². The van der Waals surface area contributed by atoms with Crippen molar-refractivity contribution < 1.29 is 9.59 Å². The summed E-state index contributed by atoms with van der Waals surface area (Å²) in [6.45, 7) is 0.00794. The zero-order chi connectivity index (χ0) is 11.5. The number of carbonyl (C=O) groups is 2. The van der Waals surface area contributed by atoms with Crippen LogP contribution in [-0.4, -0.2) is 23.4 Å². The molecule has 0 saturated carbocycles. The third-order valence-electron chi connectivity index (χ3n) is 2.41. The van der Waals surface area contributed by atoms with Crippen molar-refractivity contribution in [3.63, 3.8) is 0 Å². The topological polar surface area (TPSA) is 49.4 Å². The fourth-order valence-corrected chi connectivity index (χ4v) is 1.63. The van der Waals surface area contributed by atoms with Crippen molar-refractivity contribution in [2.75, 3.05) is 6.54 Å². The highest BCUT2D eigenvalue weighted by atomic mass is 16.2. The van der Waals surface area contributed by atoms with Crippen LogP contribution in [0.15, 0.2) is 30.3 Å². The van der Waals surface area contributed by atoms with Crippen molar-refractivity contribution in [3.8, 4) is 12.3 Å². The van der Waals surface area contributed by atoms with E-state index in [1.807, 2.05) is 18.2 Å². The maximum Gasteiger partial charge on any atom is 0.325 e. The molecule has 3 amide bonds. The summed E-state index contributed by atoms with van der Waals surface area (Å²) in [5, 5.41) is 2.60. The maximum atomic E-state index is 11.9. The van der Waals surface area contributed by atoms with Gasteiger partial charge in [0.15, 0.2) is 0 Å². The Kier molecular flexibility index (Phi) is 2.61. The molecule has 1 unspecified atom stereocenters. The van der Waals surface area contributed by atoms with E-state index in [-0.39, 0.29) is 12.5 Å². The van der Waals surface area contributed by atoms with Crippen LogP contribution in [0.1, 0.15) is 11.6 Å². The first-order chi connectivity index (χ1) is 7.74. The molecule has 80 valence electrons. The summed E-state index contributed by atoms with van der Waals surface area (Å²) < 4.78 is 0. The first kappa shape index (κ1) is 10.2. The van der Waals surface area contributed by atoms with Gasteiger partial charge in [0.1, 0.15) is 6.04 Å². The average molecular weight is 214 g/mol. The van der Waals surface area contributed by atoms with Crippen molar-refractivity contribution >= 4 is 11.9 Å². The van der Waals surface area contributed by atoms with E-state index in [0.29, 0.717) is 0 Å². The minimum atomic E-state index is -0.609. The van der Waals surface area contributed by atoms with Crippen LogP contribution in [0.25, 0.3) is 0 Å². The summed E-state index contributed by atoms with van der Waals surface area (Å²) in [7, 11) is 0. The number of benzene rings is 1. The highest BCUT2D eigenvalue weighted by Gasteiger charge is 2.38. The first-order valence-electron chi connectivity index (χ1n) is 4.84. The van der Waals surface area contributed by atoms with Gasteiger partial charge in [0.2, 0.25) is 0 Å². The van der Waals surface area contributed by atoms with Gasteiger partial charge >= 0.3 is 6.03 Å². The summed E-state index contributed by atoms with van der Waals surface area (Å²) in [5.41, 5.74) is 0.764. The van der Waals surface area contributed by atoms with Crippen molar-refractivity contribution in [1.82, 2.24) is 10.2 Å². The van der Waals surface area contributed by atoms with E-state index in [4.69, 9.17) is 6.42 Å². The van der Waals surface area contributed by atoms with E-state index in [9.17, 15) is 9.59 Å². The van der Waals surface area contributed by atoms with Gasteiger partial charge in [-0.1, -0.05) is 36.3 Å². The number of nitrogens with zero attached hydrogens (tertiary/aromatic N) is 1. The van der Waals surface area contributed by atoms with Crippen molar-refractivity contribution in [1.29, 1.82) is 0 Å². The summed E-state index contributed by atoms with van der Waals surface area (Å²) in [4.78, 5) is 24.3. The van der Waals surface area contributed by atoms with Gasteiger partial charge in [0.25, 0.3) is 5.91 Å². The lowest BCUT2D eigenvalue weighted by atomic mass is 10.1. The van der Waals surface area contributed by atoms with Gasteiger partial charge in [0.05, 0.1) is 6.54 Å². The number of terminal acetylenes is 1. The number of rotatable bonds is 2. The highest BCUT2D eigenvalue weighted by molar-refractivity contribution is 6.04. The minimum Gasteiger partial charge on any atom is -0.322 e. The fourth-order valence-electron chi connectivity index (χ4n) is 1.63. The van der Waals surface area contributed by atoms with E-state index in [2.05, 4.69) is 11.2 Å². The molecule has 0 spiro atoms. The Morgan fingerprint density at radius 1 is 1.31 bits per heavy atom. The lowest BCUT2D eigenvalue weighted by Gasteiger charge is -2.09. The van der Waals surface area contributed by atoms with Gasteiger partial charge in [0, 0.05) is 0 Å². The zero-order valence-electron chi connectivity index (χ0n) is 8.51. The van der Waals surface area contributed by atoms with Crippen LogP contribution in [0, 0.1) is 12.3 Å². The Morgan fingerprint density at radius 3 is 2.62 bits per heavy atom. The van der Waals surface area contributed by atoms with E-state index in [0.717, 1.165) is 10.5 Å². The number of imide groups is 1. The number of hydrogen-bond acceptors (Lipinski definition) is 2. The van der Waals surface area contributed by atoms with Crippen LogP contribution < -0.4 is 5.32 Å². The lowest BCUT2D eigenvalue weighted by Crippen LogP contribution is -2.31. The normalized spacial score (nSPS) is 19.4. The SMILES string of the molecule is C#CCN1C(=O)NC(c2ccccc2)C1=O. The Hall–Kier alpha value is -2.28. The molecule has 0 aliphatic carbocycles. The van der Waals surface area contributed by atoms with Gasteiger partial charge < -0.3 is 5.32 Å². The second kappa shape index (κ2) is 4.07. The predicted molar refractivity (Wildman–Crippen MR) is 58.3 cm³/mol. The molecule has 1 saturated heterocycles. The van der Waals surface area contributed by atoms with Gasteiger partial charge in [-0.15, -0.1) is 6.42 Å². The fraction of sp³-hybridized carbons (Fsp3) is 0.167. The van der Waals surface area contributed by atoms with Crippen LogP contribution in [0.3, 0.4) is 0 Å². The Bertz CT molecular complexity index is 462. The number of urea groups is 1. The third kappa shape index (κ3) is 1.63. The first-order valence-corrected chi connectivity index (χ1v) is 4.84. The van der Waals surface area contributed by atoms with Gasteiger partial charge in [-0.3, -0.25) is 9.69 Å².